The predicted octanol–water partition coefficient (Wildman–Crippen LogP) is 6.57. The monoisotopic (exact) mass is 487 g/mol. The molecule has 34 heavy (non-hydrogen) atoms. The average molecular weight is 488 g/mol. The number of aromatic nitrogens is 1. The molecule has 2 aromatic rings. The van der Waals surface area contributed by atoms with Crippen molar-refractivity contribution in [3.05, 3.63) is 47.1 Å². The molecular formula is C27H38ClN3O3. The summed E-state index contributed by atoms with van der Waals surface area (Å²) in [6, 6.07) is 10.6. The highest BCUT2D eigenvalue weighted by Gasteiger charge is 2.28. The SMILES string of the molecule is COC(=O)C[C@@H](C)c1ccc(N(CC(C)C)[C@H]2CC[C@H](OC)CC2)c(Nc2ccc(Cl)cn2)c1. The van der Waals surface area contributed by atoms with Gasteiger partial charge in [-0.3, -0.25) is 4.79 Å². The van der Waals surface area contributed by atoms with Gasteiger partial charge in [-0.25, -0.2) is 4.98 Å². The molecule has 1 N–H and O–H groups in total. The standard InChI is InChI=1S/C27H38ClN3O3/c1-18(2)17-31(22-8-10-23(33-4)11-9-22)25-12-6-20(19(3)14-27(32)34-5)15-24(25)30-26-13-7-21(28)16-29-26/h6-7,12-13,15-16,18-19,22-23H,8-11,14,17H2,1-5H3,(H,29,30)/t19-,22-,23-/m1/s1. The number of methoxy groups -OCH3 is 2. The van der Waals surface area contributed by atoms with E-state index in [2.05, 4.69) is 47.2 Å². The third-order valence-corrected chi connectivity index (χ3v) is 6.79. The van der Waals surface area contributed by atoms with E-state index in [4.69, 9.17) is 21.1 Å². The number of carbonyl (C=O) groups is 1. The Morgan fingerprint density at radius 3 is 2.47 bits per heavy atom. The molecule has 0 unspecified atom stereocenters. The summed E-state index contributed by atoms with van der Waals surface area (Å²) < 4.78 is 10.5. The molecule has 3 rings (SSSR count). The number of rotatable bonds is 10. The summed E-state index contributed by atoms with van der Waals surface area (Å²) >= 11 is 6.06. The lowest BCUT2D eigenvalue weighted by Crippen LogP contribution is -2.41. The smallest absolute Gasteiger partial charge is 0.306 e. The van der Waals surface area contributed by atoms with Gasteiger partial charge in [-0.2, -0.15) is 0 Å². The minimum Gasteiger partial charge on any atom is -0.469 e. The molecular weight excluding hydrogens is 450 g/mol. The second-order valence-electron chi connectivity index (χ2n) is 9.66. The summed E-state index contributed by atoms with van der Waals surface area (Å²) in [5, 5.41) is 4.12. The fourth-order valence-corrected chi connectivity index (χ4v) is 4.79. The van der Waals surface area contributed by atoms with Crippen LogP contribution in [0.3, 0.4) is 0 Å². The predicted molar refractivity (Wildman–Crippen MR) is 139 cm³/mol. The maximum atomic E-state index is 11.9. The number of hydrogen-bond acceptors (Lipinski definition) is 6. The van der Waals surface area contributed by atoms with Crippen molar-refractivity contribution < 1.29 is 14.3 Å². The van der Waals surface area contributed by atoms with Crippen molar-refractivity contribution in [2.75, 3.05) is 31.0 Å². The van der Waals surface area contributed by atoms with Crippen LogP contribution in [0.4, 0.5) is 17.2 Å². The fourth-order valence-electron chi connectivity index (χ4n) is 4.68. The first kappa shape index (κ1) is 26.3. The van der Waals surface area contributed by atoms with Crippen LogP contribution in [0, 0.1) is 5.92 Å². The quantitative estimate of drug-likeness (QED) is 0.382. The zero-order valence-corrected chi connectivity index (χ0v) is 21.8. The third kappa shape index (κ3) is 7.09. The second kappa shape index (κ2) is 12.4. The largest absolute Gasteiger partial charge is 0.469 e. The minimum atomic E-state index is -0.207. The third-order valence-electron chi connectivity index (χ3n) is 6.57. The number of ether oxygens (including phenoxy) is 2. The number of pyridine rings is 1. The lowest BCUT2D eigenvalue weighted by Gasteiger charge is -2.40. The van der Waals surface area contributed by atoms with Gasteiger partial charge in [0.15, 0.2) is 0 Å². The maximum absolute atomic E-state index is 11.9. The van der Waals surface area contributed by atoms with E-state index < -0.39 is 0 Å². The fraction of sp³-hybridized carbons (Fsp3) is 0.556. The molecule has 1 fully saturated rings. The van der Waals surface area contributed by atoms with E-state index in [0.717, 1.165) is 55.0 Å². The van der Waals surface area contributed by atoms with Crippen molar-refractivity contribution >= 4 is 34.8 Å². The van der Waals surface area contributed by atoms with Gasteiger partial charge in [0.05, 0.1) is 36.0 Å². The molecule has 1 aromatic carbocycles. The van der Waals surface area contributed by atoms with Gasteiger partial charge in [0.25, 0.3) is 0 Å². The van der Waals surface area contributed by atoms with Gasteiger partial charge in [-0.15, -0.1) is 0 Å². The van der Waals surface area contributed by atoms with Gasteiger partial charge in [0.2, 0.25) is 0 Å². The normalized spacial score (nSPS) is 19.0. The summed E-state index contributed by atoms with van der Waals surface area (Å²) in [7, 11) is 3.24. The molecule has 0 spiro atoms. The topological polar surface area (TPSA) is 63.7 Å². The van der Waals surface area contributed by atoms with Crippen LogP contribution in [0.2, 0.25) is 5.02 Å². The summed E-state index contributed by atoms with van der Waals surface area (Å²) in [5.41, 5.74) is 3.22. The van der Waals surface area contributed by atoms with E-state index >= 15 is 0 Å². The zero-order valence-electron chi connectivity index (χ0n) is 21.0. The van der Waals surface area contributed by atoms with Crippen molar-refractivity contribution in [1.29, 1.82) is 0 Å². The summed E-state index contributed by atoms with van der Waals surface area (Å²) in [6.07, 6.45) is 6.69. The van der Waals surface area contributed by atoms with Gasteiger partial charge in [-0.05, 0) is 67.3 Å². The van der Waals surface area contributed by atoms with Gasteiger partial charge < -0.3 is 19.7 Å². The number of nitrogens with zero attached hydrogens (tertiary/aromatic N) is 2. The van der Waals surface area contributed by atoms with Crippen LogP contribution in [-0.4, -0.2) is 43.9 Å². The first-order chi connectivity index (χ1) is 16.3. The van der Waals surface area contributed by atoms with Gasteiger partial charge >= 0.3 is 5.97 Å². The molecule has 0 aliphatic heterocycles. The molecule has 0 bridgehead atoms. The number of anilines is 3. The van der Waals surface area contributed by atoms with Crippen LogP contribution < -0.4 is 10.2 Å². The Kier molecular flexibility index (Phi) is 9.60. The lowest BCUT2D eigenvalue weighted by molar-refractivity contribution is -0.140. The molecule has 1 heterocycles. The summed E-state index contributed by atoms with van der Waals surface area (Å²) in [6.45, 7) is 7.53. The molecule has 1 atom stereocenters. The molecule has 0 amide bonds. The highest BCUT2D eigenvalue weighted by atomic mass is 35.5. The van der Waals surface area contributed by atoms with Crippen LogP contribution in [0.5, 0.6) is 0 Å². The Bertz CT molecular complexity index is 927. The van der Waals surface area contributed by atoms with Crippen molar-refractivity contribution in [2.45, 2.75) is 70.9 Å². The van der Waals surface area contributed by atoms with E-state index in [1.54, 1.807) is 6.20 Å². The first-order valence-corrected chi connectivity index (χ1v) is 12.6. The zero-order chi connectivity index (χ0) is 24.7. The molecule has 1 saturated carbocycles. The summed E-state index contributed by atoms with van der Waals surface area (Å²) in [4.78, 5) is 18.9. The van der Waals surface area contributed by atoms with Crippen LogP contribution in [0.15, 0.2) is 36.5 Å². The van der Waals surface area contributed by atoms with E-state index in [0.29, 0.717) is 29.5 Å². The summed E-state index contributed by atoms with van der Waals surface area (Å²) in [5.74, 6) is 1.08. The van der Waals surface area contributed by atoms with Crippen molar-refractivity contribution in [3.8, 4) is 0 Å². The van der Waals surface area contributed by atoms with E-state index in [9.17, 15) is 4.79 Å². The van der Waals surface area contributed by atoms with Crippen LogP contribution in [-0.2, 0) is 14.3 Å². The van der Waals surface area contributed by atoms with Crippen molar-refractivity contribution in [2.24, 2.45) is 5.92 Å². The lowest BCUT2D eigenvalue weighted by atomic mass is 9.90. The van der Waals surface area contributed by atoms with Crippen molar-refractivity contribution in [1.82, 2.24) is 4.98 Å². The van der Waals surface area contributed by atoms with E-state index in [1.165, 1.54) is 7.11 Å². The molecule has 6 nitrogen and oxygen atoms in total. The Labute approximate surface area is 209 Å². The molecule has 0 saturated heterocycles. The highest BCUT2D eigenvalue weighted by Crippen LogP contribution is 2.37. The minimum absolute atomic E-state index is 0.0379. The number of esters is 1. The van der Waals surface area contributed by atoms with E-state index in [1.807, 2.05) is 26.2 Å². The number of hydrogen-bond donors (Lipinski definition) is 1. The Morgan fingerprint density at radius 2 is 1.88 bits per heavy atom. The van der Waals surface area contributed by atoms with Crippen LogP contribution >= 0.6 is 11.6 Å². The van der Waals surface area contributed by atoms with Crippen LogP contribution in [0.25, 0.3) is 0 Å². The number of nitrogens with one attached hydrogen (secondary N) is 1. The second-order valence-corrected chi connectivity index (χ2v) is 10.1. The number of halogens is 1. The average Bonchev–Trinajstić information content (AvgIpc) is 2.84. The van der Waals surface area contributed by atoms with Gasteiger partial charge in [0, 0.05) is 25.9 Å². The molecule has 1 aliphatic rings. The molecule has 186 valence electrons. The van der Waals surface area contributed by atoms with E-state index in [-0.39, 0.29) is 11.9 Å². The van der Waals surface area contributed by atoms with Crippen LogP contribution in [0.1, 0.15) is 64.4 Å². The number of carbonyl (C=O) groups excluding carboxylic acids is 1. The Morgan fingerprint density at radius 1 is 1.15 bits per heavy atom. The number of benzene rings is 1. The Hall–Kier alpha value is -2.31. The van der Waals surface area contributed by atoms with Gasteiger partial charge in [0.1, 0.15) is 5.82 Å². The first-order valence-electron chi connectivity index (χ1n) is 12.2. The maximum Gasteiger partial charge on any atom is 0.306 e. The molecule has 7 heteroatoms. The Balaban J connectivity index is 1.97. The van der Waals surface area contributed by atoms with Gasteiger partial charge in [-0.1, -0.05) is 38.4 Å². The molecule has 1 aliphatic carbocycles. The molecule has 1 aromatic heterocycles. The molecule has 0 radical (unpaired) electrons. The highest BCUT2D eigenvalue weighted by molar-refractivity contribution is 6.30. The van der Waals surface area contributed by atoms with Crippen molar-refractivity contribution in [3.63, 3.8) is 0 Å².